The molecular weight excluding hydrogens is 286 g/mol. The Bertz CT molecular complexity index is 480. The summed E-state index contributed by atoms with van der Waals surface area (Å²) in [5.74, 6) is -1.14. The van der Waals surface area contributed by atoms with E-state index in [0.717, 1.165) is 19.3 Å². The van der Waals surface area contributed by atoms with Crippen LogP contribution in [0.25, 0.3) is 0 Å². The summed E-state index contributed by atoms with van der Waals surface area (Å²) >= 11 is 7.21. The van der Waals surface area contributed by atoms with Crippen LogP contribution in [0, 0.1) is 0 Å². The first kappa shape index (κ1) is 14.3. The van der Waals surface area contributed by atoms with E-state index >= 15 is 0 Å². The molecule has 1 aromatic heterocycles. The van der Waals surface area contributed by atoms with Crippen molar-refractivity contribution in [3.05, 3.63) is 21.3 Å². The van der Waals surface area contributed by atoms with E-state index in [9.17, 15) is 9.59 Å². The van der Waals surface area contributed by atoms with Crippen molar-refractivity contribution in [3.63, 3.8) is 0 Å². The number of thiophene rings is 1. The Morgan fingerprint density at radius 2 is 2.05 bits per heavy atom. The second kappa shape index (κ2) is 5.92. The van der Waals surface area contributed by atoms with Crippen LogP contribution in [0.2, 0.25) is 5.02 Å². The van der Waals surface area contributed by atoms with E-state index in [2.05, 4.69) is 5.32 Å². The third-order valence-corrected chi connectivity index (χ3v) is 4.84. The highest BCUT2D eigenvalue weighted by atomic mass is 35.5. The van der Waals surface area contributed by atoms with Crippen molar-refractivity contribution in [1.82, 2.24) is 5.32 Å². The summed E-state index contributed by atoms with van der Waals surface area (Å²) < 4.78 is 0. The van der Waals surface area contributed by atoms with E-state index in [-0.39, 0.29) is 12.3 Å². The summed E-state index contributed by atoms with van der Waals surface area (Å²) in [5, 5.41) is 14.1. The Balaban J connectivity index is 2.14. The lowest BCUT2D eigenvalue weighted by atomic mass is 9.79. The van der Waals surface area contributed by atoms with Gasteiger partial charge >= 0.3 is 5.97 Å². The number of amides is 1. The summed E-state index contributed by atoms with van der Waals surface area (Å²) in [7, 11) is 0. The Morgan fingerprint density at radius 3 is 2.58 bits per heavy atom. The number of aliphatic carboxylic acids is 1. The highest BCUT2D eigenvalue weighted by Gasteiger charge is 2.36. The van der Waals surface area contributed by atoms with Gasteiger partial charge in [-0.25, -0.2) is 0 Å². The normalized spacial score (nSPS) is 17.9. The van der Waals surface area contributed by atoms with Crippen LogP contribution in [0.4, 0.5) is 0 Å². The molecule has 0 bridgehead atoms. The molecule has 1 saturated carbocycles. The molecule has 0 spiro atoms. The Kier molecular flexibility index (Phi) is 4.47. The maximum Gasteiger partial charge on any atom is 0.305 e. The monoisotopic (exact) mass is 301 g/mol. The van der Waals surface area contributed by atoms with Crippen molar-refractivity contribution in [2.75, 3.05) is 0 Å². The van der Waals surface area contributed by atoms with Crippen LogP contribution in [0.5, 0.6) is 0 Å². The van der Waals surface area contributed by atoms with Gasteiger partial charge < -0.3 is 10.4 Å². The molecule has 4 nitrogen and oxygen atoms in total. The van der Waals surface area contributed by atoms with Crippen LogP contribution >= 0.6 is 22.9 Å². The predicted molar refractivity (Wildman–Crippen MR) is 74.9 cm³/mol. The molecule has 104 valence electrons. The SMILES string of the molecule is O=C(O)CC1(NC(=O)c2sccc2Cl)CCCCC1. The molecule has 1 heterocycles. The number of rotatable bonds is 4. The number of halogens is 1. The summed E-state index contributed by atoms with van der Waals surface area (Å²) in [5.41, 5.74) is -0.617. The molecule has 0 atom stereocenters. The number of carboxylic acids is 1. The molecule has 1 fully saturated rings. The molecule has 0 aromatic carbocycles. The van der Waals surface area contributed by atoms with Crippen molar-refractivity contribution in [2.45, 2.75) is 44.1 Å². The molecule has 2 rings (SSSR count). The fourth-order valence-corrected chi connectivity index (χ4v) is 3.65. The minimum Gasteiger partial charge on any atom is -0.481 e. The number of hydrogen-bond acceptors (Lipinski definition) is 3. The number of carboxylic acid groups (broad SMARTS) is 1. The van der Waals surface area contributed by atoms with Gasteiger partial charge in [-0.3, -0.25) is 9.59 Å². The molecule has 0 aliphatic heterocycles. The molecule has 1 aliphatic rings. The lowest BCUT2D eigenvalue weighted by Gasteiger charge is -2.36. The number of hydrogen-bond donors (Lipinski definition) is 2. The molecule has 1 aromatic rings. The quantitative estimate of drug-likeness (QED) is 0.896. The van der Waals surface area contributed by atoms with Crippen molar-refractivity contribution < 1.29 is 14.7 Å². The predicted octanol–water partition coefficient (Wildman–Crippen LogP) is 3.31. The van der Waals surface area contributed by atoms with Gasteiger partial charge in [-0.2, -0.15) is 0 Å². The maximum atomic E-state index is 12.2. The van der Waals surface area contributed by atoms with Crippen molar-refractivity contribution in [1.29, 1.82) is 0 Å². The number of carbonyl (C=O) groups excluding carboxylic acids is 1. The first-order chi connectivity index (χ1) is 9.02. The Morgan fingerprint density at radius 1 is 1.37 bits per heavy atom. The zero-order valence-electron chi connectivity index (χ0n) is 10.4. The molecule has 0 unspecified atom stereocenters. The average molecular weight is 302 g/mol. The molecule has 6 heteroatoms. The van der Waals surface area contributed by atoms with Gasteiger partial charge in [-0.1, -0.05) is 30.9 Å². The van der Waals surface area contributed by atoms with Crippen LogP contribution in [0.3, 0.4) is 0 Å². The van der Waals surface area contributed by atoms with Crippen LogP contribution in [0.15, 0.2) is 11.4 Å². The Labute approximate surface area is 120 Å². The largest absolute Gasteiger partial charge is 0.481 e. The van der Waals surface area contributed by atoms with Crippen molar-refractivity contribution in [2.24, 2.45) is 0 Å². The summed E-state index contributed by atoms with van der Waals surface area (Å²) in [4.78, 5) is 23.7. The van der Waals surface area contributed by atoms with Gasteiger partial charge in [-0.05, 0) is 24.3 Å². The number of nitrogens with one attached hydrogen (secondary N) is 1. The smallest absolute Gasteiger partial charge is 0.305 e. The van der Waals surface area contributed by atoms with Crippen LogP contribution in [0.1, 0.15) is 48.2 Å². The average Bonchev–Trinajstić information content (AvgIpc) is 2.75. The van der Waals surface area contributed by atoms with Gasteiger partial charge in [0.25, 0.3) is 5.91 Å². The van der Waals surface area contributed by atoms with E-state index in [0.29, 0.717) is 22.7 Å². The highest BCUT2D eigenvalue weighted by Crippen LogP contribution is 2.32. The standard InChI is InChI=1S/C13H16ClNO3S/c14-9-4-7-19-11(9)12(18)15-13(8-10(16)17)5-2-1-3-6-13/h4,7H,1-3,5-6,8H2,(H,15,18)(H,16,17). The van der Waals surface area contributed by atoms with E-state index in [1.165, 1.54) is 11.3 Å². The van der Waals surface area contributed by atoms with Gasteiger partial charge in [0.15, 0.2) is 0 Å². The molecule has 19 heavy (non-hydrogen) atoms. The summed E-state index contributed by atoms with van der Waals surface area (Å²) in [6.45, 7) is 0. The van der Waals surface area contributed by atoms with Crippen molar-refractivity contribution in [3.8, 4) is 0 Å². The fraction of sp³-hybridized carbons (Fsp3) is 0.538. The highest BCUT2D eigenvalue weighted by molar-refractivity contribution is 7.12. The third kappa shape index (κ3) is 3.48. The lowest BCUT2D eigenvalue weighted by Crippen LogP contribution is -2.51. The summed E-state index contributed by atoms with van der Waals surface area (Å²) in [6, 6.07) is 1.67. The minimum atomic E-state index is -0.875. The summed E-state index contributed by atoms with van der Waals surface area (Å²) in [6.07, 6.45) is 4.40. The zero-order chi connectivity index (χ0) is 13.9. The van der Waals surface area contributed by atoms with Gasteiger partial charge in [0, 0.05) is 0 Å². The van der Waals surface area contributed by atoms with Crippen molar-refractivity contribution >= 4 is 34.8 Å². The van der Waals surface area contributed by atoms with Gasteiger partial charge in [0.1, 0.15) is 4.88 Å². The molecule has 1 amide bonds. The molecule has 0 radical (unpaired) electrons. The second-order valence-corrected chi connectivity index (χ2v) is 6.29. The van der Waals surface area contributed by atoms with Gasteiger partial charge in [0.05, 0.1) is 17.0 Å². The first-order valence-corrected chi connectivity index (χ1v) is 7.55. The van der Waals surface area contributed by atoms with E-state index < -0.39 is 11.5 Å². The Hall–Kier alpha value is -1.07. The maximum absolute atomic E-state index is 12.2. The minimum absolute atomic E-state index is 0.0261. The van der Waals surface area contributed by atoms with Gasteiger partial charge in [0.2, 0.25) is 0 Å². The molecule has 1 aliphatic carbocycles. The molecule has 2 N–H and O–H groups in total. The molecular formula is C13H16ClNO3S. The first-order valence-electron chi connectivity index (χ1n) is 6.30. The van der Waals surface area contributed by atoms with Gasteiger partial charge in [-0.15, -0.1) is 11.3 Å². The van der Waals surface area contributed by atoms with Crippen LogP contribution < -0.4 is 5.32 Å². The van der Waals surface area contributed by atoms with E-state index in [1.54, 1.807) is 11.4 Å². The second-order valence-electron chi connectivity index (χ2n) is 4.96. The van der Waals surface area contributed by atoms with Crippen LogP contribution in [-0.4, -0.2) is 22.5 Å². The van der Waals surface area contributed by atoms with Crippen LogP contribution in [-0.2, 0) is 4.79 Å². The zero-order valence-corrected chi connectivity index (χ0v) is 12.0. The lowest BCUT2D eigenvalue weighted by molar-refractivity contribution is -0.139. The fourth-order valence-electron chi connectivity index (χ4n) is 2.62. The number of carbonyl (C=O) groups is 2. The molecule has 0 saturated heterocycles. The van der Waals surface area contributed by atoms with E-state index in [4.69, 9.17) is 16.7 Å². The topological polar surface area (TPSA) is 66.4 Å². The third-order valence-electron chi connectivity index (χ3n) is 3.50. The van der Waals surface area contributed by atoms with E-state index in [1.807, 2.05) is 0 Å².